The van der Waals surface area contributed by atoms with Crippen molar-refractivity contribution in [3.63, 3.8) is 0 Å². The molecule has 2 heterocycles. The SMILES string of the molecule is CCC1=C(c2ccc(N3CCCCC3)c(C(F)(F)F)c2)C(c2cccc([N+](=O)[O-])c2)=CCC2NC12. The number of nitro benzene ring substituents is 1. The van der Waals surface area contributed by atoms with Gasteiger partial charge < -0.3 is 10.2 Å². The van der Waals surface area contributed by atoms with Crippen molar-refractivity contribution < 1.29 is 18.1 Å². The zero-order valence-corrected chi connectivity index (χ0v) is 19.6. The Bertz CT molecular complexity index is 1210. The first-order valence-corrected chi connectivity index (χ1v) is 12.2. The Labute approximate surface area is 202 Å². The Morgan fingerprint density at radius 2 is 1.86 bits per heavy atom. The number of halogens is 3. The molecule has 35 heavy (non-hydrogen) atoms. The van der Waals surface area contributed by atoms with Crippen molar-refractivity contribution in [2.24, 2.45) is 0 Å². The van der Waals surface area contributed by atoms with Crippen molar-refractivity contribution >= 4 is 22.5 Å². The van der Waals surface area contributed by atoms with Crippen LogP contribution in [0.5, 0.6) is 0 Å². The summed E-state index contributed by atoms with van der Waals surface area (Å²) in [6.07, 6.45) is 1.72. The van der Waals surface area contributed by atoms with Gasteiger partial charge in [-0.05, 0) is 72.1 Å². The molecule has 2 aliphatic heterocycles. The van der Waals surface area contributed by atoms with Gasteiger partial charge in [-0.3, -0.25) is 10.1 Å². The largest absolute Gasteiger partial charge is 0.418 e. The summed E-state index contributed by atoms with van der Waals surface area (Å²) in [5, 5.41) is 14.9. The molecule has 0 saturated carbocycles. The molecule has 0 radical (unpaired) electrons. The zero-order chi connectivity index (χ0) is 24.7. The minimum Gasteiger partial charge on any atom is -0.371 e. The van der Waals surface area contributed by atoms with Crippen LogP contribution in [-0.2, 0) is 6.18 Å². The number of benzene rings is 2. The monoisotopic (exact) mass is 483 g/mol. The highest BCUT2D eigenvalue weighted by atomic mass is 19.4. The van der Waals surface area contributed by atoms with Crippen LogP contribution in [0.3, 0.4) is 0 Å². The average molecular weight is 484 g/mol. The second-order valence-corrected chi connectivity index (χ2v) is 9.44. The van der Waals surface area contributed by atoms with Crippen LogP contribution in [0.4, 0.5) is 24.5 Å². The zero-order valence-electron chi connectivity index (χ0n) is 19.6. The molecule has 3 aliphatic rings. The second-order valence-electron chi connectivity index (χ2n) is 9.44. The molecule has 0 amide bonds. The number of piperidine rings is 1. The van der Waals surface area contributed by atoms with Crippen LogP contribution < -0.4 is 10.2 Å². The molecule has 8 heteroatoms. The van der Waals surface area contributed by atoms with Crippen LogP contribution >= 0.6 is 0 Å². The van der Waals surface area contributed by atoms with E-state index in [4.69, 9.17) is 0 Å². The van der Waals surface area contributed by atoms with E-state index in [2.05, 4.69) is 5.32 Å². The smallest absolute Gasteiger partial charge is 0.371 e. The van der Waals surface area contributed by atoms with Gasteiger partial charge in [0.25, 0.3) is 5.69 Å². The number of allylic oxidation sites excluding steroid dienone is 2. The lowest BCUT2D eigenvalue weighted by Crippen LogP contribution is -2.31. The lowest BCUT2D eigenvalue weighted by molar-refractivity contribution is -0.384. The predicted octanol–water partition coefficient (Wildman–Crippen LogP) is 6.60. The standard InChI is InChI=1S/C27H28F3N3O2/c1-2-20-25(18-9-12-24(22(16-18)27(28,29)30)32-13-4-3-5-14-32)21(10-11-23-26(20)31-23)17-7-6-8-19(15-17)33(34)35/h6-10,12,15-16,23,26,31H,2-5,11,13-14H2,1H3. The van der Waals surface area contributed by atoms with E-state index in [1.807, 2.05) is 17.9 Å². The molecular formula is C27H28F3N3O2. The topological polar surface area (TPSA) is 68.3 Å². The highest BCUT2D eigenvalue weighted by Gasteiger charge is 2.42. The highest BCUT2D eigenvalue weighted by Crippen LogP contribution is 2.46. The number of hydrogen-bond donors (Lipinski definition) is 1. The minimum absolute atomic E-state index is 0.0373. The molecule has 2 aromatic rings. The van der Waals surface area contributed by atoms with E-state index in [9.17, 15) is 23.3 Å². The first kappa shape index (κ1) is 23.6. The van der Waals surface area contributed by atoms with Crippen LogP contribution in [0.2, 0.25) is 0 Å². The van der Waals surface area contributed by atoms with Gasteiger partial charge in [-0.1, -0.05) is 31.2 Å². The first-order valence-electron chi connectivity index (χ1n) is 12.2. The third kappa shape index (κ3) is 4.59. The number of hydrogen-bond acceptors (Lipinski definition) is 4. The molecule has 0 aromatic heterocycles. The van der Waals surface area contributed by atoms with Crippen molar-refractivity contribution in [3.05, 3.63) is 80.9 Å². The molecule has 1 aliphatic carbocycles. The Morgan fingerprint density at radius 1 is 1.09 bits per heavy atom. The fourth-order valence-corrected chi connectivity index (χ4v) is 5.51. The summed E-state index contributed by atoms with van der Waals surface area (Å²) in [6, 6.07) is 11.4. The van der Waals surface area contributed by atoms with Crippen LogP contribution in [0.15, 0.2) is 54.1 Å². The molecule has 1 N–H and O–H groups in total. The number of nitrogens with zero attached hydrogens (tertiary/aromatic N) is 2. The predicted molar refractivity (Wildman–Crippen MR) is 131 cm³/mol. The van der Waals surface area contributed by atoms with Crippen LogP contribution in [0.25, 0.3) is 11.1 Å². The third-order valence-electron chi connectivity index (χ3n) is 7.26. The fraction of sp³-hybridized carbons (Fsp3) is 0.407. The van der Waals surface area contributed by atoms with Crippen LogP contribution in [0, 0.1) is 10.1 Å². The quantitative estimate of drug-likeness (QED) is 0.296. The van der Waals surface area contributed by atoms with Crippen molar-refractivity contribution in [1.29, 1.82) is 0 Å². The normalized spacial score (nSPS) is 22.4. The number of rotatable bonds is 5. The van der Waals surface area contributed by atoms with E-state index in [-0.39, 0.29) is 23.5 Å². The Morgan fingerprint density at radius 3 is 2.54 bits per heavy atom. The lowest BCUT2D eigenvalue weighted by Gasteiger charge is -2.31. The van der Waals surface area contributed by atoms with E-state index in [0.717, 1.165) is 36.0 Å². The average Bonchev–Trinajstić information content (AvgIpc) is 3.63. The van der Waals surface area contributed by atoms with Gasteiger partial charge in [-0.15, -0.1) is 0 Å². The number of anilines is 1. The summed E-state index contributed by atoms with van der Waals surface area (Å²) in [6.45, 7) is 3.26. The van der Waals surface area contributed by atoms with E-state index >= 15 is 0 Å². The summed E-state index contributed by atoms with van der Waals surface area (Å²) >= 11 is 0. The van der Waals surface area contributed by atoms with Gasteiger partial charge in [-0.2, -0.15) is 13.2 Å². The van der Waals surface area contributed by atoms with E-state index in [1.165, 1.54) is 18.2 Å². The molecule has 184 valence electrons. The van der Waals surface area contributed by atoms with Crippen LogP contribution in [-0.4, -0.2) is 30.1 Å². The summed E-state index contributed by atoms with van der Waals surface area (Å²) in [5.41, 5.74) is 3.28. The number of fused-ring (bicyclic) bond motifs is 1. The maximum absolute atomic E-state index is 14.3. The Balaban J connectivity index is 1.67. The van der Waals surface area contributed by atoms with E-state index < -0.39 is 16.7 Å². The fourth-order valence-electron chi connectivity index (χ4n) is 5.51. The van der Waals surface area contributed by atoms with Gasteiger partial charge in [0, 0.05) is 43.0 Å². The number of non-ortho nitro benzene ring substituents is 1. The lowest BCUT2D eigenvalue weighted by atomic mass is 9.86. The molecule has 2 atom stereocenters. The Kier molecular flexibility index (Phi) is 6.17. The molecule has 2 unspecified atom stereocenters. The van der Waals surface area contributed by atoms with Crippen molar-refractivity contribution in [1.82, 2.24) is 5.32 Å². The first-order chi connectivity index (χ1) is 16.8. The second kappa shape index (κ2) is 9.15. The number of nitro groups is 1. The summed E-state index contributed by atoms with van der Waals surface area (Å²) in [5.74, 6) is 0. The van der Waals surface area contributed by atoms with Crippen molar-refractivity contribution in [3.8, 4) is 0 Å². The summed E-state index contributed by atoms with van der Waals surface area (Å²) < 4.78 is 42.9. The van der Waals surface area contributed by atoms with Crippen LogP contribution in [0.1, 0.15) is 55.7 Å². The third-order valence-corrected chi connectivity index (χ3v) is 7.26. The molecular weight excluding hydrogens is 455 g/mol. The number of nitrogens with one attached hydrogen (secondary N) is 1. The van der Waals surface area contributed by atoms with Gasteiger partial charge in [0.2, 0.25) is 0 Å². The van der Waals surface area contributed by atoms with Gasteiger partial charge in [0.1, 0.15) is 0 Å². The molecule has 2 fully saturated rings. The highest BCUT2D eigenvalue weighted by molar-refractivity contribution is 6.07. The van der Waals surface area contributed by atoms with Gasteiger partial charge in [-0.25, -0.2) is 0 Å². The maximum atomic E-state index is 14.3. The van der Waals surface area contributed by atoms with Gasteiger partial charge >= 0.3 is 6.18 Å². The Hall–Kier alpha value is -3.13. The summed E-state index contributed by atoms with van der Waals surface area (Å²) in [4.78, 5) is 12.8. The number of alkyl halides is 3. The van der Waals surface area contributed by atoms with Crippen molar-refractivity contribution in [2.45, 2.75) is 57.3 Å². The molecule has 0 bridgehead atoms. The molecule has 2 aromatic carbocycles. The van der Waals surface area contributed by atoms with E-state index in [1.54, 1.807) is 24.3 Å². The summed E-state index contributed by atoms with van der Waals surface area (Å²) in [7, 11) is 0. The van der Waals surface area contributed by atoms with E-state index in [0.29, 0.717) is 37.1 Å². The molecule has 2 saturated heterocycles. The minimum atomic E-state index is -4.49. The maximum Gasteiger partial charge on any atom is 0.418 e. The molecule has 5 nitrogen and oxygen atoms in total. The van der Waals surface area contributed by atoms with Crippen molar-refractivity contribution in [2.75, 3.05) is 18.0 Å². The van der Waals surface area contributed by atoms with Gasteiger partial charge in [0.05, 0.1) is 10.5 Å². The van der Waals surface area contributed by atoms with Gasteiger partial charge in [0.15, 0.2) is 0 Å². The molecule has 5 rings (SSSR count). The molecule has 0 spiro atoms.